The summed E-state index contributed by atoms with van der Waals surface area (Å²) in [6, 6.07) is 1.84. The molecule has 2 rings (SSSR count). The van der Waals surface area contributed by atoms with Crippen LogP contribution >= 0.6 is 0 Å². The monoisotopic (exact) mass is 279 g/mol. The number of urea groups is 1. The van der Waals surface area contributed by atoms with Crippen LogP contribution in [0.5, 0.6) is 0 Å². The van der Waals surface area contributed by atoms with Crippen molar-refractivity contribution in [3.05, 3.63) is 23.9 Å². The third-order valence-corrected chi connectivity index (χ3v) is 2.90. The van der Waals surface area contributed by atoms with E-state index in [1.54, 1.807) is 18.3 Å². The average Bonchev–Trinajstić information content (AvgIpc) is 2.93. The number of hydrogen-bond acceptors (Lipinski definition) is 5. The van der Waals surface area contributed by atoms with Crippen LogP contribution in [0.3, 0.4) is 0 Å². The van der Waals surface area contributed by atoms with E-state index in [0.29, 0.717) is 19.0 Å². The number of nitrogens with zero attached hydrogens (tertiary/aromatic N) is 2. The van der Waals surface area contributed by atoms with Gasteiger partial charge in [0.05, 0.1) is 13.2 Å². The summed E-state index contributed by atoms with van der Waals surface area (Å²) >= 11 is 0. The fraction of sp³-hybridized carbons (Fsp3) is 0.417. The van der Waals surface area contributed by atoms with Crippen LogP contribution in [0.4, 0.5) is 10.6 Å². The highest BCUT2D eigenvalue weighted by Gasteiger charge is 2.28. The number of anilines is 1. The molecular formula is C12H17N5O3. The highest BCUT2D eigenvalue weighted by Crippen LogP contribution is 2.11. The summed E-state index contributed by atoms with van der Waals surface area (Å²) in [5.41, 5.74) is 11.4. The molecule has 1 aliphatic rings. The van der Waals surface area contributed by atoms with Crippen LogP contribution in [0.25, 0.3) is 0 Å². The summed E-state index contributed by atoms with van der Waals surface area (Å²) in [5, 5.41) is 3.68. The smallest absolute Gasteiger partial charge is 0.312 e. The minimum Gasteiger partial charge on any atom is -0.384 e. The first-order valence-corrected chi connectivity index (χ1v) is 6.27. The summed E-state index contributed by atoms with van der Waals surface area (Å²) in [6.07, 6.45) is 2.61. The van der Waals surface area contributed by atoms with Gasteiger partial charge in [0, 0.05) is 12.6 Å². The van der Waals surface area contributed by atoms with Gasteiger partial charge in [0.25, 0.3) is 5.91 Å². The first-order valence-electron chi connectivity index (χ1n) is 6.27. The topological polar surface area (TPSA) is 124 Å². The molecule has 20 heavy (non-hydrogen) atoms. The van der Waals surface area contributed by atoms with Gasteiger partial charge in [-0.25, -0.2) is 14.8 Å². The molecule has 8 heteroatoms. The number of hydrogen-bond donors (Lipinski definition) is 3. The molecule has 1 fully saturated rings. The number of primary amides is 1. The van der Waals surface area contributed by atoms with Crippen molar-refractivity contribution in [1.82, 2.24) is 15.4 Å². The molecule has 0 saturated carbocycles. The predicted octanol–water partition coefficient (Wildman–Crippen LogP) is -0.593. The lowest BCUT2D eigenvalue weighted by Gasteiger charge is -2.22. The van der Waals surface area contributed by atoms with Crippen molar-refractivity contribution in [1.29, 1.82) is 0 Å². The number of pyridine rings is 1. The van der Waals surface area contributed by atoms with E-state index in [1.807, 2.05) is 0 Å². The number of rotatable bonds is 4. The lowest BCUT2D eigenvalue weighted by atomic mass is 10.1. The fourth-order valence-electron chi connectivity index (χ4n) is 1.96. The van der Waals surface area contributed by atoms with E-state index < -0.39 is 12.1 Å². The molecule has 108 valence electrons. The van der Waals surface area contributed by atoms with E-state index in [4.69, 9.17) is 16.3 Å². The van der Waals surface area contributed by atoms with Gasteiger partial charge in [0.15, 0.2) is 0 Å². The van der Waals surface area contributed by atoms with Crippen molar-refractivity contribution in [2.75, 3.05) is 18.9 Å². The molecule has 1 atom stereocenters. The Morgan fingerprint density at radius 3 is 2.85 bits per heavy atom. The maximum absolute atomic E-state index is 12.2. The second-order valence-electron chi connectivity index (χ2n) is 4.48. The number of aromatic nitrogens is 1. The summed E-state index contributed by atoms with van der Waals surface area (Å²) < 4.78 is 0. The Labute approximate surface area is 116 Å². The highest BCUT2D eigenvalue weighted by molar-refractivity contribution is 5.86. The zero-order valence-corrected chi connectivity index (χ0v) is 10.9. The Morgan fingerprint density at radius 1 is 1.50 bits per heavy atom. The molecule has 8 nitrogen and oxygen atoms in total. The zero-order valence-electron chi connectivity index (χ0n) is 10.9. The molecule has 0 spiro atoms. The Kier molecular flexibility index (Phi) is 4.36. The Hall–Kier alpha value is -2.35. The van der Waals surface area contributed by atoms with Crippen molar-refractivity contribution in [3.63, 3.8) is 0 Å². The summed E-state index contributed by atoms with van der Waals surface area (Å²) in [4.78, 5) is 32.4. The van der Waals surface area contributed by atoms with Crippen molar-refractivity contribution in [2.45, 2.75) is 18.9 Å². The highest BCUT2D eigenvalue weighted by atomic mass is 16.7. The largest absolute Gasteiger partial charge is 0.384 e. The van der Waals surface area contributed by atoms with Gasteiger partial charge in [-0.05, 0) is 18.1 Å². The number of hydroxylamine groups is 2. The van der Waals surface area contributed by atoms with Gasteiger partial charge in [-0.2, -0.15) is 0 Å². The average molecular weight is 279 g/mol. The lowest BCUT2D eigenvalue weighted by Crippen LogP contribution is -2.50. The zero-order chi connectivity index (χ0) is 14.5. The molecule has 1 saturated heterocycles. The molecule has 1 aromatic rings. The summed E-state index contributed by atoms with van der Waals surface area (Å²) in [6.45, 7) is 1.01. The summed E-state index contributed by atoms with van der Waals surface area (Å²) in [5.74, 6) is 0.0699. The molecule has 5 N–H and O–H groups in total. The molecule has 1 aliphatic heterocycles. The Bertz CT molecular complexity index is 484. The second-order valence-corrected chi connectivity index (χ2v) is 4.48. The van der Waals surface area contributed by atoms with E-state index >= 15 is 0 Å². The second kappa shape index (κ2) is 6.20. The van der Waals surface area contributed by atoms with Crippen molar-refractivity contribution in [3.8, 4) is 0 Å². The summed E-state index contributed by atoms with van der Waals surface area (Å²) in [7, 11) is 0. The first-order chi connectivity index (χ1) is 9.56. The molecule has 0 radical (unpaired) electrons. The van der Waals surface area contributed by atoms with Crippen LogP contribution in [-0.4, -0.2) is 41.2 Å². The van der Waals surface area contributed by atoms with Crippen LogP contribution in [0.15, 0.2) is 18.3 Å². The minimum absolute atomic E-state index is 0.273. The number of nitrogen functional groups attached to an aromatic ring is 1. The molecule has 0 bridgehead atoms. The van der Waals surface area contributed by atoms with Crippen molar-refractivity contribution in [2.24, 2.45) is 5.73 Å². The van der Waals surface area contributed by atoms with Crippen LogP contribution in [-0.2, 0) is 16.1 Å². The van der Waals surface area contributed by atoms with E-state index in [0.717, 1.165) is 12.0 Å². The standard InChI is InChI=1S/C12H17N5O3/c13-10-3-2-8(7-15-10)6-9(16-12(14)19)11(18)17-4-1-5-20-17/h2-3,7,9H,1,4-6H2,(H2,13,15)(H3,14,16,19). The van der Waals surface area contributed by atoms with Gasteiger partial charge in [-0.1, -0.05) is 6.07 Å². The number of nitrogens with two attached hydrogens (primary N) is 2. The molecule has 0 aromatic carbocycles. The SMILES string of the molecule is NC(=O)NC(Cc1ccc(N)nc1)C(=O)N1CCCO1. The van der Waals surface area contributed by atoms with Crippen LogP contribution in [0.2, 0.25) is 0 Å². The number of carbonyl (C=O) groups is 2. The van der Waals surface area contributed by atoms with Gasteiger partial charge in [0.2, 0.25) is 0 Å². The third-order valence-electron chi connectivity index (χ3n) is 2.90. The Balaban J connectivity index is 2.08. The maximum atomic E-state index is 12.2. The van der Waals surface area contributed by atoms with Gasteiger partial charge >= 0.3 is 6.03 Å². The quantitative estimate of drug-likeness (QED) is 0.679. The van der Waals surface area contributed by atoms with Crippen molar-refractivity contribution >= 4 is 17.8 Å². The van der Waals surface area contributed by atoms with Crippen LogP contribution in [0.1, 0.15) is 12.0 Å². The van der Waals surface area contributed by atoms with Gasteiger partial charge in [-0.15, -0.1) is 0 Å². The lowest BCUT2D eigenvalue weighted by molar-refractivity contribution is -0.170. The van der Waals surface area contributed by atoms with E-state index in [1.165, 1.54) is 5.06 Å². The molecule has 0 aliphatic carbocycles. The van der Waals surface area contributed by atoms with E-state index in [-0.39, 0.29) is 12.3 Å². The van der Waals surface area contributed by atoms with Gasteiger partial charge < -0.3 is 16.8 Å². The predicted molar refractivity (Wildman–Crippen MR) is 71.1 cm³/mol. The molecule has 3 amide bonds. The Morgan fingerprint density at radius 2 is 2.30 bits per heavy atom. The van der Waals surface area contributed by atoms with Gasteiger partial charge in [-0.3, -0.25) is 9.63 Å². The number of nitrogens with one attached hydrogen (secondary N) is 1. The van der Waals surface area contributed by atoms with Crippen LogP contribution < -0.4 is 16.8 Å². The molecule has 2 heterocycles. The van der Waals surface area contributed by atoms with E-state index in [2.05, 4.69) is 10.3 Å². The molecule has 1 aromatic heterocycles. The number of carbonyl (C=O) groups excluding carboxylic acids is 2. The minimum atomic E-state index is -0.781. The van der Waals surface area contributed by atoms with E-state index in [9.17, 15) is 9.59 Å². The maximum Gasteiger partial charge on any atom is 0.312 e. The third kappa shape index (κ3) is 3.58. The molecule has 1 unspecified atom stereocenters. The normalized spacial score (nSPS) is 15.9. The first kappa shape index (κ1) is 14.1. The number of amides is 3. The van der Waals surface area contributed by atoms with Crippen molar-refractivity contribution < 1.29 is 14.4 Å². The van der Waals surface area contributed by atoms with Gasteiger partial charge in [0.1, 0.15) is 11.9 Å². The fourth-order valence-corrected chi connectivity index (χ4v) is 1.96. The molecular weight excluding hydrogens is 262 g/mol. The van der Waals surface area contributed by atoms with Crippen LogP contribution in [0, 0.1) is 0 Å².